The van der Waals surface area contributed by atoms with Crippen LogP contribution in [0.3, 0.4) is 0 Å². The van der Waals surface area contributed by atoms with E-state index in [1.54, 1.807) is 20.4 Å². The molecule has 0 aliphatic rings. The smallest absolute Gasteiger partial charge is 0.161 e. The van der Waals surface area contributed by atoms with E-state index in [4.69, 9.17) is 9.47 Å². The summed E-state index contributed by atoms with van der Waals surface area (Å²) in [6, 6.07) is 6.20. The number of nitrogens with zero attached hydrogens (tertiary/aromatic N) is 2. The first-order chi connectivity index (χ1) is 10.0. The highest BCUT2D eigenvalue weighted by Crippen LogP contribution is 2.34. The number of pyridine rings is 1. The Hall–Kier alpha value is -2.01. The lowest BCUT2D eigenvalue weighted by Crippen LogP contribution is -2.30. The SMILES string of the molecule is COc1cc2ccnc(NC(C)CN(C)C)c2cc1OC. The minimum Gasteiger partial charge on any atom is -0.493 e. The second-order valence-electron chi connectivity index (χ2n) is 5.40. The lowest BCUT2D eigenvalue weighted by molar-refractivity contribution is 0.356. The predicted molar refractivity (Wildman–Crippen MR) is 86.5 cm³/mol. The number of nitrogens with one attached hydrogen (secondary N) is 1. The van der Waals surface area contributed by atoms with E-state index in [-0.39, 0.29) is 0 Å². The van der Waals surface area contributed by atoms with E-state index in [0.717, 1.165) is 28.9 Å². The average Bonchev–Trinajstić information content (AvgIpc) is 2.45. The molecule has 0 aliphatic heterocycles. The lowest BCUT2D eigenvalue weighted by atomic mass is 10.1. The Labute approximate surface area is 125 Å². The molecule has 0 radical (unpaired) electrons. The first kappa shape index (κ1) is 15.4. The Kier molecular flexibility index (Phi) is 4.85. The summed E-state index contributed by atoms with van der Waals surface area (Å²) in [5.74, 6) is 2.30. The molecule has 0 spiro atoms. The van der Waals surface area contributed by atoms with Crippen LogP contribution in [0.25, 0.3) is 10.8 Å². The molecule has 0 bridgehead atoms. The Morgan fingerprint density at radius 3 is 2.48 bits per heavy atom. The van der Waals surface area contributed by atoms with Gasteiger partial charge in [-0.15, -0.1) is 0 Å². The van der Waals surface area contributed by atoms with Crippen LogP contribution in [0.15, 0.2) is 24.4 Å². The van der Waals surface area contributed by atoms with Gasteiger partial charge in [0.2, 0.25) is 0 Å². The second-order valence-corrected chi connectivity index (χ2v) is 5.40. The molecule has 2 aromatic rings. The molecule has 0 fully saturated rings. The monoisotopic (exact) mass is 289 g/mol. The molecule has 5 nitrogen and oxygen atoms in total. The van der Waals surface area contributed by atoms with Crippen LogP contribution < -0.4 is 14.8 Å². The fourth-order valence-corrected chi connectivity index (χ4v) is 2.44. The van der Waals surface area contributed by atoms with E-state index in [0.29, 0.717) is 11.8 Å². The Bertz CT molecular complexity index is 614. The van der Waals surface area contributed by atoms with Crippen LogP contribution in [0.2, 0.25) is 0 Å². The number of benzene rings is 1. The molecule has 1 heterocycles. The third-order valence-electron chi connectivity index (χ3n) is 3.29. The summed E-state index contributed by atoms with van der Waals surface area (Å²) in [6.07, 6.45) is 1.80. The fourth-order valence-electron chi connectivity index (χ4n) is 2.44. The van der Waals surface area contributed by atoms with Crippen molar-refractivity contribution in [1.82, 2.24) is 9.88 Å². The number of rotatable bonds is 6. The van der Waals surface area contributed by atoms with Gasteiger partial charge in [-0.05, 0) is 44.6 Å². The second kappa shape index (κ2) is 6.63. The van der Waals surface area contributed by atoms with Gasteiger partial charge in [0, 0.05) is 24.2 Å². The Morgan fingerprint density at radius 1 is 1.19 bits per heavy atom. The van der Waals surface area contributed by atoms with Crippen molar-refractivity contribution in [3.05, 3.63) is 24.4 Å². The average molecular weight is 289 g/mol. The largest absolute Gasteiger partial charge is 0.493 e. The van der Waals surface area contributed by atoms with Gasteiger partial charge in [-0.2, -0.15) is 0 Å². The Balaban J connectivity index is 2.40. The van der Waals surface area contributed by atoms with Crippen molar-refractivity contribution in [3.63, 3.8) is 0 Å². The molecule has 1 aromatic carbocycles. The highest BCUT2D eigenvalue weighted by molar-refractivity contribution is 5.94. The number of hydrogen-bond donors (Lipinski definition) is 1. The number of anilines is 1. The number of methoxy groups -OCH3 is 2. The molecule has 0 saturated heterocycles. The lowest BCUT2D eigenvalue weighted by Gasteiger charge is -2.20. The van der Waals surface area contributed by atoms with Crippen molar-refractivity contribution in [1.29, 1.82) is 0 Å². The van der Waals surface area contributed by atoms with Gasteiger partial charge in [0.15, 0.2) is 11.5 Å². The minimum atomic E-state index is 0.297. The summed E-state index contributed by atoms with van der Waals surface area (Å²) in [7, 11) is 7.40. The van der Waals surface area contributed by atoms with Gasteiger partial charge < -0.3 is 19.7 Å². The van der Waals surface area contributed by atoms with Gasteiger partial charge in [-0.25, -0.2) is 4.98 Å². The third-order valence-corrected chi connectivity index (χ3v) is 3.29. The van der Waals surface area contributed by atoms with Crippen molar-refractivity contribution in [2.24, 2.45) is 0 Å². The topological polar surface area (TPSA) is 46.6 Å². The van der Waals surface area contributed by atoms with Crippen LogP contribution in [0, 0.1) is 0 Å². The number of aromatic nitrogens is 1. The molecule has 0 aliphatic carbocycles. The summed E-state index contributed by atoms with van der Waals surface area (Å²) in [5, 5.41) is 5.56. The normalized spacial score (nSPS) is 12.5. The molecule has 1 atom stereocenters. The zero-order valence-corrected chi connectivity index (χ0v) is 13.3. The molecule has 1 aromatic heterocycles. The number of fused-ring (bicyclic) bond motifs is 1. The molecule has 5 heteroatoms. The maximum Gasteiger partial charge on any atom is 0.161 e. The molecular formula is C16H23N3O2. The molecule has 1 unspecified atom stereocenters. The first-order valence-electron chi connectivity index (χ1n) is 6.97. The van der Waals surface area contributed by atoms with Crippen molar-refractivity contribution in [2.75, 3.05) is 40.2 Å². The van der Waals surface area contributed by atoms with Crippen molar-refractivity contribution < 1.29 is 9.47 Å². The van der Waals surface area contributed by atoms with Crippen LogP contribution in [0.5, 0.6) is 11.5 Å². The van der Waals surface area contributed by atoms with Gasteiger partial charge >= 0.3 is 0 Å². The molecule has 0 saturated carbocycles. The van der Waals surface area contributed by atoms with E-state index < -0.39 is 0 Å². The number of likely N-dealkylation sites (N-methyl/N-ethyl adjacent to an activating group) is 1. The quantitative estimate of drug-likeness (QED) is 0.885. The summed E-state index contributed by atoms with van der Waals surface area (Å²) in [5.41, 5.74) is 0. The highest BCUT2D eigenvalue weighted by atomic mass is 16.5. The third kappa shape index (κ3) is 3.55. The predicted octanol–water partition coefficient (Wildman–Crippen LogP) is 2.61. The zero-order chi connectivity index (χ0) is 15.4. The molecular weight excluding hydrogens is 266 g/mol. The fraction of sp³-hybridized carbons (Fsp3) is 0.438. The van der Waals surface area contributed by atoms with E-state index in [9.17, 15) is 0 Å². The molecule has 0 amide bonds. The van der Waals surface area contributed by atoms with Gasteiger partial charge in [-0.1, -0.05) is 0 Å². The Morgan fingerprint density at radius 2 is 1.86 bits per heavy atom. The standard InChI is InChI=1S/C16H23N3O2/c1-11(10-19(2)3)18-16-13-9-15(21-5)14(20-4)8-12(13)6-7-17-16/h6-9,11H,10H2,1-5H3,(H,17,18). The van der Waals surface area contributed by atoms with Crippen LogP contribution in [0.1, 0.15) is 6.92 Å². The molecule has 1 N–H and O–H groups in total. The van der Waals surface area contributed by atoms with Crippen LogP contribution >= 0.6 is 0 Å². The summed E-state index contributed by atoms with van der Waals surface area (Å²) >= 11 is 0. The van der Waals surface area contributed by atoms with Gasteiger partial charge in [0.25, 0.3) is 0 Å². The van der Waals surface area contributed by atoms with Crippen LogP contribution in [-0.4, -0.2) is 50.8 Å². The first-order valence-corrected chi connectivity index (χ1v) is 6.97. The van der Waals surface area contributed by atoms with Gasteiger partial charge in [0.05, 0.1) is 14.2 Å². The van der Waals surface area contributed by atoms with E-state index >= 15 is 0 Å². The van der Waals surface area contributed by atoms with Crippen LogP contribution in [-0.2, 0) is 0 Å². The summed E-state index contributed by atoms with van der Waals surface area (Å²) in [4.78, 5) is 6.60. The minimum absolute atomic E-state index is 0.297. The van der Waals surface area contributed by atoms with E-state index in [1.807, 2.05) is 18.2 Å². The van der Waals surface area contributed by atoms with Gasteiger partial charge in [0.1, 0.15) is 5.82 Å². The van der Waals surface area contributed by atoms with Gasteiger partial charge in [-0.3, -0.25) is 0 Å². The molecule has 114 valence electrons. The van der Waals surface area contributed by atoms with Crippen molar-refractivity contribution in [2.45, 2.75) is 13.0 Å². The highest BCUT2D eigenvalue weighted by Gasteiger charge is 2.11. The van der Waals surface area contributed by atoms with E-state index in [2.05, 4.69) is 36.2 Å². The van der Waals surface area contributed by atoms with Crippen molar-refractivity contribution >= 4 is 16.6 Å². The zero-order valence-electron chi connectivity index (χ0n) is 13.3. The number of hydrogen-bond acceptors (Lipinski definition) is 5. The number of ether oxygens (including phenoxy) is 2. The van der Waals surface area contributed by atoms with Crippen LogP contribution in [0.4, 0.5) is 5.82 Å². The molecule has 21 heavy (non-hydrogen) atoms. The van der Waals surface area contributed by atoms with E-state index in [1.165, 1.54) is 0 Å². The maximum atomic E-state index is 5.38. The summed E-state index contributed by atoms with van der Waals surface area (Å²) in [6.45, 7) is 3.08. The summed E-state index contributed by atoms with van der Waals surface area (Å²) < 4.78 is 10.7. The maximum absolute atomic E-state index is 5.38. The van der Waals surface area contributed by atoms with Crippen molar-refractivity contribution in [3.8, 4) is 11.5 Å². The molecule has 2 rings (SSSR count).